The molecule has 0 saturated carbocycles. The van der Waals surface area contributed by atoms with Gasteiger partial charge in [0.05, 0.1) is 25.4 Å². The molecule has 2 rings (SSSR count). The zero-order valence-electron chi connectivity index (χ0n) is 9.69. The lowest BCUT2D eigenvalue weighted by molar-refractivity contribution is -0.142. The quantitative estimate of drug-likeness (QED) is 0.650. The highest BCUT2D eigenvalue weighted by Crippen LogP contribution is 2.18. The fourth-order valence-corrected chi connectivity index (χ4v) is 2.39. The van der Waals surface area contributed by atoms with Gasteiger partial charge in [-0.3, -0.25) is 4.79 Å². The number of carbonyl (C=O) groups excluding carboxylic acids is 1. The fourth-order valence-electron chi connectivity index (χ4n) is 2.39. The van der Waals surface area contributed by atoms with Crippen LogP contribution in [0.5, 0.6) is 0 Å². The number of hydrogen-bond acceptors (Lipinski definition) is 4. The Hall–Kier alpha value is -0.650. The van der Waals surface area contributed by atoms with Gasteiger partial charge in [-0.25, -0.2) is 0 Å². The molecule has 2 fully saturated rings. The second-order valence-corrected chi connectivity index (χ2v) is 4.66. The first kappa shape index (κ1) is 11.8. The third-order valence-electron chi connectivity index (χ3n) is 3.45. The summed E-state index contributed by atoms with van der Waals surface area (Å²) in [6.45, 7) is 4.69. The maximum Gasteiger partial charge on any atom is 0.240 e. The number of aliphatic hydroxyl groups excluding tert-OH is 1. The Bertz CT molecular complexity index is 260. The Morgan fingerprint density at radius 3 is 3.06 bits per heavy atom. The van der Waals surface area contributed by atoms with Crippen LogP contribution in [-0.4, -0.2) is 60.9 Å². The van der Waals surface area contributed by atoms with Gasteiger partial charge >= 0.3 is 0 Å². The van der Waals surface area contributed by atoms with Crippen LogP contribution in [0, 0.1) is 5.92 Å². The minimum Gasteiger partial charge on any atom is -0.394 e. The van der Waals surface area contributed by atoms with Crippen LogP contribution in [0.15, 0.2) is 0 Å². The van der Waals surface area contributed by atoms with Gasteiger partial charge in [-0.15, -0.1) is 0 Å². The number of aliphatic hydroxyl groups is 1. The molecule has 1 amide bonds. The van der Waals surface area contributed by atoms with E-state index in [1.54, 1.807) is 0 Å². The number of ether oxygens (including phenoxy) is 1. The van der Waals surface area contributed by atoms with Crippen molar-refractivity contribution < 1.29 is 14.6 Å². The van der Waals surface area contributed by atoms with Crippen LogP contribution in [0.4, 0.5) is 0 Å². The van der Waals surface area contributed by atoms with Crippen LogP contribution in [0.2, 0.25) is 0 Å². The summed E-state index contributed by atoms with van der Waals surface area (Å²) in [5.41, 5.74) is 0. The summed E-state index contributed by atoms with van der Waals surface area (Å²) in [4.78, 5) is 14.0. The summed E-state index contributed by atoms with van der Waals surface area (Å²) in [7, 11) is 0. The predicted octanol–water partition coefficient (Wildman–Crippen LogP) is -0.796. The molecule has 5 nitrogen and oxygen atoms in total. The highest BCUT2D eigenvalue weighted by Gasteiger charge is 2.34. The first-order valence-corrected chi connectivity index (χ1v) is 5.97. The zero-order valence-corrected chi connectivity index (χ0v) is 9.69. The first-order chi connectivity index (χ1) is 7.72. The normalized spacial score (nSPS) is 35.4. The van der Waals surface area contributed by atoms with Gasteiger partial charge in [0.25, 0.3) is 0 Å². The molecule has 3 atom stereocenters. The minimum atomic E-state index is -0.214. The number of nitrogens with one attached hydrogen (secondary N) is 1. The molecule has 3 unspecified atom stereocenters. The topological polar surface area (TPSA) is 61.8 Å². The van der Waals surface area contributed by atoms with Gasteiger partial charge < -0.3 is 20.1 Å². The van der Waals surface area contributed by atoms with Crippen LogP contribution in [0.25, 0.3) is 0 Å². The average Bonchev–Trinajstić information content (AvgIpc) is 2.74. The molecule has 5 heteroatoms. The van der Waals surface area contributed by atoms with E-state index < -0.39 is 0 Å². The van der Waals surface area contributed by atoms with Crippen LogP contribution in [-0.2, 0) is 9.53 Å². The Balaban J connectivity index is 1.93. The van der Waals surface area contributed by atoms with E-state index in [1.165, 1.54) is 0 Å². The molecule has 0 bridgehead atoms. The number of morpholine rings is 1. The van der Waals surface area contributed by atoms with Crippen molar-refractivity contribution >= 4 is 5.91 Å². The standard InChI is InChI=1S/C11H20N2O3/c1-8-2-3-12-10(8)11(15)13-4-5-16-9(6-13)7-14/h8-10,12,14H,2-7H2,1H3. The molecule has 2 saturated heterocycles. The summed E-state index contributed by atoms with van der Waals surface area (Å²) < 4.78 is 5.33. The van der Waals surface area contributed by atoms with Crippen LogP contribution in [0.3, 0.4) is 0 Å². The minimum absolute atomic E-state index is 0.0164. The Kier molecular flexibility index (Phi) is 3.78. The van der Waals surface area contributed by atoms with E-state index >= 15 is 0 Å². The average molecular weight is 228 g/mol. The lowest BCUT2D eigenvalue weighted by Gasteiger charge is -2.34. The summed E-state index contributed by atoms with van der Waals surface area (Å²) in [6, 6.07) is -0.0440. The molecule has 0 aromatic heterocycles. The predicted molar refractivity (Wildman–Crippen MR) is 59.0 cm³/mol. The van der Waals surface area contributed by atoms with Gasteiger partial charge in [0, 0.05) is 13.1 Å². The van der Waals surface area contributed by atoms with Crippen molar-refractivity contribution in [2.24, 2.45) is 5.92 Å². The van der Waals surface area contributed by atoms with Crippen LogP contribution >= 0.6 is 0 Å². The van der Waals surface area contributed by atoms with Crippen molar-refractivity contribution in [3.8, 4) is 0 Å². The third kappa shape index (κ3) is 2.36. The van der Waals surface area contributed by atoms with Crippen molar-refractivity contribution in [3.63, 3.8) is 0 Å². The van der Waals surface area contributed by atoms with Gasteiger partial charge in [0.1, 0.15) is 0 Å². The highest BCUT2D eigenvalue weighted by molar-refractivity contribution is 5.82. The number of nitrogens with zero attached hydrogens (tertiary/aromatic N) is 1. The molecule has 92 valence electrons. The maximum absolute atomic E-state index is 12.2. The lowest BCUT2D eigenvalue weighted by Crippen LogP contribution is -2.53. The van der Waals surface area contributed by atoms with Crippen molar-refractivity contribution in [2.75, 3.05) is 32.8 Å². The van der Waals surface area contributed by atoms with Crippen molar-refractivity contribution in [3.05, 3.63) is 0 Å². The fraction of sp³-hybridized carbons (Fsp3) is 0.909. The second-order valence-electron chi connectivity index (χ2n) is 4.66. The molecule has 0 aromatic carbocycles. The Morgan fingerprint density at radius 1 is 1.62 bits per heavy atom. The molecule has 0 aliphatic carbocycles. The van der Waals surface area contributed by atoms with Gasteiger partial charge in [0.15, 0.2) is 0 Å². The molecule has 0 aromatic rings. The van der Waals surface area contributed by atoms with E-state index in [9.17, 15) is 4.79 Å². The van der Waals surface area contributed by atoms with E-state index in [0.717, 1.165) is 13.0 Å². The van der Waals surface area contributed by atoms with E-state index in [2.05, 4.69) is 12.2 Å². The van der Waals surface area contributed by atoms with Crippen LogP contribution in [0.1, 0.15) is 13.3 Å². The Labute approximate surface area is 95.8 Å². The summed E-state index contributed by atoms with van der Waals surface area (Å²) >= 11 is 0. The first-order valence-electron chi connectivity index (χ1n) is 5.97. The van der Waals surface area contributed by atoms with E-state index in [-0.39, 0.29) is 24.7 Å². The lowest BCUT2D eigenvalue weighted by atomic mass is 10.0. The Morgan fingerprint density at radius 2 is 2.44 bits per heavy atom. The third-order valence-corrected chi connectivity index (χ3v) is 3.45. The molecule has 2 aliphatic heterocycles. The van der Waals surface area contributed by atoms with Crippen molar-refractivity contribution in [1.82, 2.24) is 10.2 Å². The maximum atomic E-state index is 12.2. The molecule has 2 aliphatic rings. The molecular formula is C11H20N2O3. The van der Waals surface area contributed by atoms with Gasteiger partial charge in [0.2, 0.25) is 5.91 Å². The van der Waals surface area contributed by atoms with Crippen molar-refractivity contribution in [2.45, 2.75) is 25.5 Å². The van der Waals surface area contributed by atoms with E-state index in [0.29, 0.717) is 25.6 Å². The SMILES string of the molecule is CC1CCNC1C(=O)N1CCOC(CO)C1. The van der Waals surface area contributed by atoms with E-state index in [1.807, 2.05) is 4.90 Å². The molecule has 2 N–H and O–H groups in total. The number of amides is 1. The molecule has 0 spiro atoms. The second kappa shape index (κ2) is 5.12. The smallest absolute Gasteiger partial charge is 0.240 e. The molecule has 16 heavy (non-hydrogen) atoms. The number of hydrogen-bond donors (Lipinski definition) is 2. The summed E-state index contributed by atoms with van der Waals surface area (Å²) in [6.07, 6.45) is 0.846. The number of rotatable bonds is 2. The van der Waals surface area contributed by atoms with Crippen molar-refractivity contribution in [1.29, 1.82) is 0 Å². The summed E-state index contributed by atoms with van der Waals surface area (Å²) in [5, 5.41) is 12.3. The highest BCUT2D eigenvalue weighted by atomic mass is 16.5. The molecular weight excluding hydrogens is 208 g/mol. The van der Waals surface area contributed by atoms with Gasteiger partial charge in [-0.2, -0.15) is 0 Å². The van der Waals surface area contributed by atoms with E-state index in [4.69, 9.17) is 9.84 Å². The monoisotopic (exact) mass is 228 g/mol. The van der Waals surface area contributed by atoms with Gasteiger partial charge in [-0.1, -0.05) is 6.92 Å². The van der Waals surface area contributed by atoms with Gasteiger partial charge in [-0.05, 0) is 18.9 Å². The zero-order chi connectivity index (χ0) is 11.5. The largest absolute Gasteiger partial charge is 0.394 e. The molecule has 2 heterocycles. The van der Waals surface area contributed by atoms with Crippen LogP contribution < -0.4 is 5.32 Å². The number of carbonyl (C=O) groups is 1. The molecule has 0 radical (unpaired) electrons. The summed E-state index contributed by atoms with van der Waals surface area (Å²) in [5.74, 6) is 0.565.